The van der Waals surface area contributed by atoms with E-state index in [0.717, 1.165) is 0 Å². The SMILES string of the molecule is COc1cccc(N)c1C(=O)N1CCN(C)C(=O)C1. The van der Waals surface area contributed by atoms with Crippen LogP contribution in [0.2, 0.25) is 0 Å². The summed E-state index contributed by atoms with van der Waals surface area (Å²) >= 11 is 0. The van der Waals surface area contributed by atoms with Gasteiger partial charge in [-0.2, -0.15) is 0 Å². The Morgan fingerprint density at radius 2 is 2.11 bits per heavy atom. The molecule has 1 heterocycles. The van der Waals surface area contributed by atoms with E-state index in [2.05, 4.69) is 0 Å². The highest BCUT2D eigenvalue weighted by atomic mass is 16.5. The molecule has 102 valence electrons. The van der Waals surface area contributed by atoms with Crippen LogP contribution in [0.3, 0.4) is 0 Å². The van der Waals surface area contributed by atoms with E-state index < -0.39 is 0 Å². The van der Waals surface area contributed by atoms with E-state index in [9.17, 15) is 9.59 Å². The molecule has 1 aromatic carbocycles. The maximum atomic E-state index is 12.4. The number of nitrogens with two attached hydrogens (primary N) is 1. The van der Waals surface area contributed by atoms with E-state index in [0.29, 0.717) is 30.1 Å². The number of nitrogens with zero attached hydrogens (tertiary/aromatic N) is 2. The second kappa shape index (κ2) is 5.17. The molecule has 1 aliphatic heterocycles. The molecule has 6 nitrogen and oxygen atoms in total. The predicted octanol–water partition coefficient (Wildman–Crippen LogP) is 0.192. The first-order valence-electron chi connectivity index (χ1n) is 6.00. The van der Waals surface area contributed by atoms with Gasteiger partial charge in [-0.15, -0.1) is 0 Å². The summed E-state index contributed by atoms with van der Waals surface area (Å²) in [6.07, 6.45) is 0. The average molecular weight is 263 g/mol. The molecule has 2 N–H and O–H groups in total. The zero-order chi connectivity index (χ0) is 14.0. The first-order valence-corrected chi connectivity index (χ1v) is 6.00. The van der Waals surface area contributed by atoms with Gasteiger partial charge in [-0.3, -0.25) is 9.59 Å². The van der Waals surface area contributed by atoms with Crippen molar-refractivity contribution in [2.45, 2.75) is 0 Å². The zero-order valence-electron chi connectivity index (χ0n) is 11.0. The summed E-state index contributed by atoms with van der Waals surface area (Å²) < 4.78 is 5.16. The van der Waals surface area contributed by atoms with Gasteiger partial charge in [-0.1, -0.05) is 6.07 Å². The number of hydrogen-bond acceptors (Lipinski definition) is 4. The lowest BCUT2D eigenvalue weighted by Gasteiger charge is -2.32. The number of amides is 2. The Morgan fingerprint density at radius 1 is 1.37 bits per heavy atom. The summed E-state index contributed by atoms with van der Waals surface area (Å²) in [5, 5.41) is 0. The highest BCUT2D eigenvalue weighted by Gasteiger charge is 2.28. The second-order valence-electron chi connectivity index (χ2n) is 4.47. The number of hydrogen-bond donors (Lipinski definition) is 1. The number of carbonyl (C=O) groups is 2. The van der Waals surface area contributed by atoms with Crippen molar-refractivity contribution in [3.05, 3.63) is 23.8 Å². The highest BCUT2D eigenvalue weighted by Crippen LogP contribution is 2.26. The van der Waals surface area contributed by atoms with Gasteiger partial charge >= 0.3 is 0 Å². The first kappa shape index (κ1) is 13.2. The number of rotatable bonds is 2. The number of ether oxygens (including phenoxy) is 1. The highest BCUT2D eigenvalue weighted by molar-refractivity contribution is 6.03. The molecule has 6 heteroatoms. The van der Waals surface area contributed by atoms with Crippen molar-refractivity contribution in [3.63, 3.8) is 0 Å². The van der Waals surface area contributed by atoms with Crippen LogP contribution >= 0.6 is 0 Å². The maximum absolute atomic E-state index is 12.4. The summed E-state index contributed by atoms with van der Waals surface area (Å²) in [6.45, 7) is 1.10. The number of nitrogen functional groups attached to an aromatic ring is 1. The van der Waals surface area contributed by atoms with Crippen molar-refractivity contribution < 1.29 is 14.3 Å². The van der Waals surface area contributed by atoms with E-state index >= 15 is 0 Å². The molecule has 1 aromatic rings. The summed E-state index contributed by atoms with van der Waals surface area (Å²) in [6, 6.07) is 5.05. The third-order valence-corrected chi connectivity index (χ3v) is 3.24. The molecule has 0 radical (unpaired) electrons. The molecule has 0 aromatic heterocycles. The molecule has 2 amide bonds. The number of likely N-dealkylation sites (N-methyl/N-ethyl adjacent to an activating group) is 1. The Labute approximate surface area is 111 Å². The second-order valence-corrected chi connectivity index (χ2v) is 4.47. The van der Waals surface area contributed by atoms with E-state index in [1.807, 2.05) is 0 Å². The number of carbonyl (C=O) groups excluding carboxylic acids is 2. The number of benzene rings is 1. The molecule has 0 saturated carbocycles. The number of piperazine rings is 1. The fourth-order valence-electron chi connectivity index (χ4n) is 2.04. The third-order valence-electron chi connectivity index (χ3n) is 3.24. The van der Waals surface area contributed by atoms with Crippen LogP contribution in [0.5, 0.6) is 5.75 Å². The van der Waals surface area contributed by atoms with Crippen LogP contribution in [0.4, 0.5) is 5.69 Å². The van der Waals surface area contributed by atoms with Crippen molar-refractivity contribution in [3.8, 4) is 5.75 Å². The van der Waals surface area contributed by atoms with E-state index in [1.54, 1.807) is 30.1 Å². The number of methoxy groups -OCH3 is 1. The Bertz CT molecular complexity index is 516. The molecule has 1 aliphatic rings. The molecule has 19 heavy (non-hydrogen) atoms. The molecule has 0 atom stereocenters. The topological polar surface area (TPSA) is 75.9 Å². The quantitative estimate of drug-likeness (QED) is 0.773. The van der Waals surface area contributed by atoms with Gasteiger partial charge in [0.1, 0.15) is 17.9 Å². The molecule has 0 unspecified atom stereocenters. The fraction of sp³-hybridized carbons (Fsp3) is 0.385. The fourth-order valence-corrected chi connectivity index (χ4v) is 2.04. The molecule has 0 aliphatic carbocycles. The number of anilines is 1. The monoisotopic (exact) mass is 263 g/mol. The van der Waals surface area contributed by atoms with Crippen LogP contribution in [-0.4, -0.2) is 55.4 Å². The third kappa shape index (κ3) is 2.47. The van der Waals surface area contributed by atoms with Crippen LogP contribution in [0.25, 0.3) is 0 Å². The largest absolute Gasteiger partial charge is 0.496 e. The van der Waals surface area contributed by atoms with Crippen molar-refractivity contribution >= 4 is 17.5 Å². The van der Waals surface area contributed by atoms with Crippen molar-refractivity contribution in [2.24, 2.45) is 0 Å². The first-order chi connectivity index (χ1) is 9.04. The van der Waals surface area contributed by atoms with Gasteiger partial charge < -0.3 is 20.3 Å². The molecular weight excluding hydrogens is 246 g/mol. The Kier molecular flexibility index (Phi) is 3.59. The smallest absolute Gasteiger partial charge is 0.260 e. The van der Waals surface area contributed by atoms with Crippen LogP contribution in [0.15, 0.2) is 18.2 Å². The van der Waals surface area contributed by atoms with E-state index in [4.69, 9.17) is 10.5 Å². The van der Waals surface area contributed by atoms with Crippen molar-refractivity contribution in [1.82, 2.24) is 9.80 Å². The van der Waals surface area contributed by atoms with Gasteiger partial charge in [0.05, 0.1) is 7.11 Å². The molecule has 0 bridgehead atoms. The van der Waals surface area contributed by atoms with Crippen LogP contribution < -0.4 is 10.5 Å². The minimum absolute atomic E-state index is 0.0759. The van der Waals surface area contributed by atoms with Crippen LogP contribution in [0, 0.1) is 0 Å². The van der Waals surface area contributed by atoms with Gasteiger partial charge in [0.2, 0.25) is 5.91 Å². The zero-order valence-corrected chi connectivity index (χ0v) is 11.0. The lowest BCUT2D eigenvalue weighted by molar-refractivity contribution is -0.133. The lowest BCUT2D eigenvalue weighted by Crippen LogP contribution is -2.50. The van der Waals surface area contributed by atoms with Gasteiger partial charge in [0.25, 0.3) is 5.91 Å². The lowest BCUT2D eigenvalue weighted by atomic mass is 10.1. The van der Waals surface area contributed by atoms with Crippen molar-refractivity contribution in [2.75, 3.05) is 39.5 Å². The normalized spacial score (nSPS) is 15.6. The average Bonchev–Trinajstić information content (AvgIpc) is 2.40. The molecular formula is C13H17N3O3. The minimum Gasteiger partial charge on any atom is -0.496 e. The summed E-state index contributed by atoms with van der Waals surface area (Å²) in [7, 11) is 3.21. The van der Waals surface area contributed by atoms with E-state index in [-0.39, 0.29) is 18.4 Å². The summed E-state index contributed by atoms with van der Waals surface area (Å²) in [5.41, 5.74) is 6.52. The Balaban J connectivity index is 2.27. The van der Waals surface area contributed by atoms with Crippen LogP contribution in [-0.2, 0) is 4.79 Å². The maximum Gasteiger partial charge on any atom is 0.260 e. The van der Waals surface area contributed by atoms with Gasteiger partial charge in [0.15, 0.2) is 0 Å². The molecule has 1 fully saturated rings. The minimum atomic E-state index is -0.267. The summed E-state index contributed by atoms with van der Waals surface area (Å²) in [4.78, 5) is 27.2. The Hall–Kier alpha value is -2.24. The standard InChI is InChI=1S/C13H17N3O3/c1-15-6-7-16(8-11(15)17)13(18)12-9(14)4-3-5-10(12)19-2/h3-5H,6-8,14H2,1-2H3. The van der Waals surface area contributed by atoms with Gasteiger partial charge in [0, 0.05) is 25.8 Å². The van der Waals surface area contributed by atoms with Gasteiger partial charge in [-0.05, 0) is 12.1 Å². The molecule has 2 rings (SSSR count). The van der Waals surface area contributed by atoms with Crippen LogP contribution in [0.1, 0.15) is 10.4 Å². The predicted molar refractivity (Wildman–Crippen MR) is 70.9 cm³/mol. The molecule has 1 saturated heterocycles. The Morgan fingerprint density at radius 3 is 2.74 bits per heavy atom. The van der Waals surface area contributed by atoms with Crippen molar-refractivity contribution in [1.29, 1.82) is 0 Å². The van der Waals surface area contributed by atoms with Gasteiger partial charge in [-0.25, -0.2) is 0 Å². The van der Waals surface area contributed by atoms with E-state index in [1.165, 1.54) is 12.0 Å². The molecule has 0 spiro atoms. The summed E-state index contributed by atoms with van der Waals surface area (Å²) in [5.74, 6) is 0.0841.